The van der Waals surface area contributed by atoms with E-state index in [0.29, 0.717) is 23.1 Å². The molecule has 2 saturated carbocycles. The number of carbonyl (C=O) groups is 2. The van der Waals surface area contributed by atoms with Crippen LogP contribution in [0.5, 0.6) is 0 Å². The molecule has 0 radical (unpaired) electrons. The molecule has 6 unspecified atom stereocenters. The van der Waals surface area contributed by atoms with E-state index >= 15 is 0 Å². The van der Waals surface area contributed by atoms with Gasteiger partial charge in [-0.05, 0) is 44.4 Å². The lowest BCUT2D eigenvalue weighted by Gasteiger charge is -2.46. The SMILES string of the molecule is O=C1NCCCCC1SC1NC2SC3CCCCC3C2C(=O)N1C1CCCC1. The minimum absolute atomic E-state index is 0.0399. The van der Waals surface area contributed by atoms with E-state index in [-0.39, 0.29) is 27.9 Å². The van der Waals surface area contributed by atoms with Crippen LogP contribution in [0.4, 0.5) is 0 Å². The molecule has 2 amide bonds. The lowest BCUT2D eigenvalue weighted by atomic mass is 9.78. The summed E-state index contributed by atoms with van der Waals surface area (Å²) in [4.78, 5) is 28.6. The molecule has 3 aliphatic heterocycles. The predicted octanol–water partition coefficient (Wildman–Crippen LogP) is 3.29. The van der Waals surface area contributed by atoms with Crippen molar-refractivity contribution < 1.29 is 9.59 Å². The van der Waals surface area contributed by atoms with E-state index in [9.17, 15) is 9.59 Å². The van der Waals surface area contributed by atoms with E-state index in [2.05, 4.69) is 15.5 Å². The molecule has 3 heterocycles. The standard InChI is InChI=1S/C21H33N3O2S2/c25-18-16(11-5-6-12-22-18)28-21-23-19-17(14-9-3-4-10-15(14)27-19)20(26)24(21)13-7-1-2-8-13/h13-17,19,21,23H,1-12H2,(H,22,25). The summed E-state index contributed by atoms with van der Waals surface area (Å²) in [5, 5.41) is 7.79. The quantitative estimate of drug-likeness (QED) is 0.729. The smallest absolute Gasteiger partial charge is 0.233 e. The Kier molecular flexibility index (Phi) is 5.86. The third-order valence-electron chi connectivity index (χ3n) is 7.46. The molecule has 5 nitrogen and oxygen atoms in total. The lowest BCUT2D eigenvalue weighted by molar-refractivity contribution is -0.145. The third kappa shape index (κ3) is 3.60. The molecule has 6 atom stereocenters. The minimum atomic E-state index is -0.0432. The summed E-state index contributed by atoms with van der Waals surface area (Å²) < 4.78 is 0. The second-order valence-corrected chi connectivity index (χ2v) is 11.9. The number of thioether (sulfide) groups is 2. The van der Waals surface area contributed by atoms with Crippen LogP contribution in [0.15, 0.2) is 0 Å². The maximum atomic E-state index is 13.8. The van der Waals surface area contributed by atoms with Gasteiger partial charge in [0.05, 0.1) is 16.5 Å². The van der Waals surface area contributed by atoms with E-state index < -0.39 is 0 Å². The average Bonchev–Trinajstić information content (AvgIpc) is 3.29. The van der Waals surface area contributed by atoms with Gasteiger partial charge >= 0.3 is 0 Å². The topological polar surface area (TPSA) is 61.4 Å². The van der Waals surface area contributed by atoms with E-state index in [4.69, 9.17) is 0 Å². The fourth-order valence-corrected chi connectivity index (χ4v) is 9.44. The van der Waals surface area contributed by atoms with Crippen molar-refractivity contribution in [2.45, 2.75) is 98.0 Å². The molecule has 28 heavy (non-hydrogen) atoms. The van der Waals surface area contributed by atoms with Crippen molar-refractivity contribution in [2.24, 2.45) is 11.8 Å². The zero-order valence-electron chi connectivity index (χ0n) is 16.6. The molecule has 0 spiro atoms. The van der Waals surface area contributed by atoms with Crippen LogP contribution in [0.3, 0.4) is 0 Å². The van der Waals surface area contributed by atoms with Gasteiger partial charge in [-0.15, -0.1) is 23.5 Å². The summed E-state index contributed by atoms with van der Waals surface area (Å²) in [6.07, 6.45) is 12.9. The van der Waals surface area contributed by atoms with Gasteiger partial charge in [-0.25, -0.2) is 0 Å². The summed E-state index contributed by atoms with van der Waals surface area (Å²) in [5.41, 5.74) is -0.0432. The molecule has 5 aliphatic rings. The van der Waals surface area contributed by atoms with Gasteiger partial charge < -0.3 is 10.2 Å². The Hall–Kier alpha value is -0.400. The zero-order valence-corrected chi connectivity index (χ0v) is 18.2. The number of hydrogen-bond donors (Lipinski definition) is 2. The van der Waals surface area contributed by atoms with Gasteiger partial charge in [0.25, 0.3) is 0 Å². The number of carbonyl (C=O) groups excluding carboxylic acids is 2. The third-order valence-corrected chi connectivity index (χ3v) is 10.5. The molecule has 5 rings (SSSR count). The lowest BCUT2D eigenvalue weighted by Crippen LogP contribution is -2.63. The summed E-state index contributed by atoms with van der Waals surface area (Å²) >= 11 is 3.74. The normalized spacial score (nSPS) is 42.1. The number of rotatable bonds is 3. The molecule has 0 aromatic rings. The first-order valence-corrected chi connectivity index (χ1v) is 13.3. The Labute approximate surface area is 176 Å². The number of amides is 2. The van der Waals surface area contributed by atoms with Gasteiger partial charge in [0.1, 0.15) is 5.50 Å². The van der Waals surface area contributed by atoms with Crippen LogP contribution in [0.25, 0.3) is 0 Å². The van der Waals surface area contributed by atoms with Gasteiger partial charge in [-0.1, -0.05) is 32.1 Å². The molecule has 0 bridgehead atoms. The van der Waals surface area contributed by atoms with Gasteiger partial charge in [-0.3, -0.25) is 14.9 Å². The predicted molar refractivity (Wildman–Crippen MR) is 115 cm³/mol. The number of nitrogens with zero attached hydrogens (tertiary/aromatic N) is 1. The summed E-state index contributed by atoms with van der Waals surface area (Å²) in [6.45, 7) is 0.795. The molecular formula is C21H33N3O2S2. The number of nitrogens with one attached hydrogen (secondary N) is 2. The highest BCUT2D eigenvalue weighted by molar-refractivity contribution is 8.01. The molecule has 156 valence electrons. The molecule has 0 aromatic carbocycles. The Morgan fingerprint density at radius 2 is 1.68 bits per heavy atom. The first kappa shape index (κ1) is 19.6. The minimum Gasteiger partial charge on any atom is -0.355 e. The van der Waals surface area contributed by atoms with Crippen LogP contribution >= 0.6 is 23.5 Å². The molecule has 0 aromatic heterocycles. The number of hydrogen-bond acceptors (Lipinski definition) is 5. The Morgan fingerprint density at radius 1 is 0.929 bits per heavy atom. The zero-order chi connectivity index (χ0) is 19.1. The second kappa shape index (κ2) is 8.38. The largest absolute Gasteiger partial charge is 0.355 e. The van der Waals surface area contributed by atoms with Gasteiger partial charge in [0, 0.05) is 17.8 Å². The van der Waals surface area contributed by atoms with Gasteiger partial charge in [-0.2, -0.15) is 0 Å². The first-order chi connectivity index (χ1) is 13.7. The van der Waals surface area contributed by atoms with Crippen molar-refractivity contribution in [3.63, 3.8) is 0 Å². The maximum absolute atomic E-state index is 13.8. The Morgan fingerprint density at radius 3 is 2.54 bits per heavy atom. The fourth-order valence-electron chi connectivity index (χ4n) is 6.02. The van der Waals surface area contributed by atoms with Crippen LogP contribution < -0.4 is 10.6 Å². The van der Waals surface area contributed by atoms with Crippen LogP contribution in [-0.4, -0.2) is 50.7 Å². The Balaban J connectivity index is 1.39. The maximum Gasteiger partial charge on any atom is 0.233 e. The van der Waals surface area contributed by atoms with Crippen molar-refractivity contribution in [2.75, 3.05) is 6.54 Å². The highest BCUT2D eigenvalue weighted by atomic mass is 32.2. The van der Waals surface area contributed by atoms with Crippen LogP contribution in [0, 0.1) is 11.8 Å². The molecular weight excluding hydrogens is 390 g/mol. The van der Waals surface area contributed by atoms with Gasteiger partial charge in [0.15, 0.2) is 0 Å². The van der Waals surface area contributed by atoms with Crippen molar-refractivity contribution in [1.82, 2.24) is 15.5 Å². The van der Waals surface area contributed by atoms with Crippen molar-refractivity contribution >= 4 is 35.3 Å². The second-order valence-electron chi connectivity index (χ2n) is 9.18. The van der Waals surface area contributed by atoms with Crippen LogP contribution in [-0.2, 0) is 9.59 Å². The monoisotopic (exact) mass is 423 g/mol. The molecule has 7 heteroatoms. The van der Waals surface area contributed by atoms with E-state index in [1.807, 2.05) is 11.8 Å². The van der Waals surface area contributed by atoms with Crippen molar-refractivity contribution in [3.05, 3.63) is 0 Å². The fraction of sp³-hybridized carbons (Fsp3) is 0.905. The molecule has 3 saturated heterocycles. The van der Waals surface area contributed by atoms with Crippen molar-refractivity contribution in [3.8, 4) is 0 Å². The van der Waals surface area contributed by atoms with E-state index in [1.54, 1.807) is 11.8 Å². The van der Waals surface area contributed by atoms with Crippen LogP contribution in [0.1, 0.15) is 70.6 Å². The summed E-state index contributed by atoms with van der Waals surface area (Å²) in [6, 6.07) is 0.361. The molecule has 5 fully saturated rings. The molecule has 2 aliphatic carbocycles. The summed E-state index contributed by atoms with van der Waals surface area (Å²) in [5.74, 6) is 1.26. The highest BCUT2D eigenvalue weighted by Crippen LogP contribution is 2.52. The molecule has 2 N–H and O–H groups in total. The Bertz CT molecular complexity index is 612. The highest BCUT2D eigenvalue weighted by Gasteiger charge is 2.55. The van der Waals surface area contributed by atoms with Crippen molar-refractivity contribution in [1.29, 1.82) is 0 Å². The summed E-state index contributed by atoms with van der Waals surface area (Å²) in [7, 11) is 0. The van der Waals surface area contributed by atoms with E-state index in [0.717, 1.165) is 38.6 Å². The van der Waals surface area contributed by atoms with Gasteiger partial charge in [0.2, 0.25) is 11.8 Å². The average molecular weight is 424 g/mol. The van der Waals surface area contributed by atoms with E-state index in [1.165, 1.54) is 38.5 Å². The number of fused-ring (bicyclic) bond motifs is 3. The first-order valence-electron chi connectivity index (χ1n) is 11.4. The van der Waals surface area contributed by atoms with Crippen LogP contribution in [0.2, 0.25) is 0 Å².